The summed E-state index contributed by atoms with van der Waals surface area (Å²) in [5, 5.41) is 9.78. The van der Waals surface area contributed by atoms with Crippen molar-refractivity contribution in [1.29, 1.82) is 0 Å². The first kappa shape index (κ1) is 14.2. The molecule has 0 fully saturated rings. The van der Waals surface area contributed by atoms with Gasteiger partial charge in [-0.15, -0.1) is 0 Å². The molecule has 0 aliphatic rings. The first-order valence-electron chi connectivity index (χ1n) is 6.67. The van der Waals surface area contributed by atoms with Crippen molar-refractivity contribution < 1.29 is 19.1 Å². The molecule has 2 aromatic rings. The molecular formula is C16H20NO3+. The molecule has 1 aromatic carbocycles. The van der Waals surface area contributed by atoms with E-state index >= 15 is 0 Å². The lowest BCUT2D eigenvalue weighted by Crippen LogP contribution is -2.31. The molecule has 4 heteroatoms. The highest BCUT2D eigenvalue weighted by atomic mass is 16.5. The molecule has 0 amide bonds. The van der Waals surface area contributed by atoms with Gasteiger partial charge in [0.2, 0.25) is 11.4 Å². The van der Waals surface area contributed by atoms with Gasteiger partial charge >= 0.3 is 0 Å². The Labute approximate surface area is 119 Å². The highest BCUT2D eigenvalue weighted by Crippen LogP contribution is 2.26. The second kappa shape index (κ2) is 6.80. The van der Waals surface area contributed by atoms with E-state index in [1.165, 1.54) is 0 Å². The Hall–Kier alpha value is -2.23. The maximum atomic E-state index is 9.78. The summed E-state index contributed by atoms with van der Waals surface area (Å²) in [4.78, 5) is 0. The molecule has 2 rings (SSSR count). The molecule has 1 N–H and O–H groups in total. The SMILES string of the molecule is Cc1c(OCCCOc2ccccc2)c(O)cc[n+]1C. The largest absolute Gasteiger partial charge is 0.504 e. The number of pyridine rings is 1. The minimum atomic E-state index is 0.171. The van der Waals surface area contributed by atoms with Gasteiger partial charge in [-0.05, 0) is 12.1 Å². The number of aromatic hydroxyl groups is 1. The van der Waals surface area contributed by atoms with Crippen molar-refractivity contribution in [2.24, 2.45) is 7.05 Å². The fourth-order valence-corrected chi connectivity index (χ4v) is 1.83. The predicted molar refractivity (Wildman–Crippen MR) is 76.1 cm³/mol. The Morgan fingerprint density at radius 2 is 1.75 bits per heavy atom. The summed E-state index contributed by atoms with van der Waals surface area (Å²) in [6.45, 7) is 3.00. The van der Waals surface area contributed by atoms with Crippen LogP contribution in [0.15, 0.2) is 42.6 Å². The van der Waals surface area contributed by atoms with Crippen LogP contribution in [0.4, 0.5) is 0 Å². The summed E-state index contributed by atoms with van der Waals surface area (Å²) in [6.07, 6.45) is 2.56. The average Bonchev–Trinajstić information content (AvgIpc) is 2.47. The van der Waals surface area contributed by atoms with Crippen LogP contribution in [-0.2, 0) is 7.05 Å². The molecule has 1 aromatic heterocycles. The maximum absolute atomic E-state index is 9.78. The number of aromatic nitrogens is 1. The normalized spacial score (nSPS) is 10.3. The van der Waals surface area contributed by atoms with E-state index in [0.717, 1.165) is 17.9 Å². The molecule has 0 bridgehead atoms. The van der Waals surface area contributed by atoms with Gasteiger partial charge in [-0.2, -0.15) is 0 Å². The lowest BCUT2D eigenvalue weighted by Gasteiger charge is -2.09. The van der Waals surface area contributed by atoms with E-state index in [0.29, 0.717) is 19.0 Å². The zero-order chi connectivity index (χ0) is 14.4. The molecule has 0 aliphatic carbocycles. The van der Waals surface area contributed by atoms with Crippen molar-refractivity contribution in [3.8, 4) is 17.2 Å². The molecule has 0 aliphatic heterocycles. The smallest absolute Gasteiger partial charge is 0.228 e. The highest BCUT2D eigenvalue weighted by Gasteiger charge is 2.14. The van der Waals surface area contributed by atoms with Crippen LogP contribution in [0, 0.1) is 6.92 Å². The minimum Gasteiger partial charge on any atom is -0.504 e. The quantitative estimate of drug-likeness (QED) is 0.649. The standard InChI is InChI=1S/C16H19NO3/c1-13-16(15(18)9-10-17(13)2)20-12-6-11-19-14-7-4-3-5-8-14/h3-5,7-10H,6,11-12H2,1-2H3/p+1. The monoisotopic (exact) mass is 274 g/mol. The van der Waals surface area contributed by atoms with Gasteiger partial charge in [0.25, 0.3) is 0 Å². The van der Waals surface area contributed by atoms with Crippen molar-refractivity contribution >= 4 is 0 Å². The van der Waals surface area contributed by atoms with Gasteiger partial charge in [-0.1, -0.05) is 18.2 Å². The molecule has 4 nitrogen and oxygen atoms in total. The molecule has 0 atom stereocenters. The Kier molecular flexibility index (Phi) is 4.82. The molecule has 0 saturated heterocycles. The van der Waals surface area contributed by atoms with Gasteiger partial charge in [0.15, 0.2) is 11.9 Å². The second-order valence-corrected chi connectivity index (χ2v) is 4.59. The van der Waals surface area contributed by atoms with E-state index in [9.17, 15) is 5.11 Å². The van der Waals surface area contributed by atoms with Crippen molar-refractivity contribution in [2.45, 2.75) is 13.3 Å². The predicted octanol–water partition coefficient (Wildman–Crippen LogP) is 2.37. The summed E-state index contributed by atoms with van der Waals surface area (Å²) >= 11 is 0. The molecule has 0 spiro atoms. The molecule has 0 unspecified atom stereocenters. The van der Waals surface area contributed by atoms with Crippen LogP contribution in [0.25, 0.3) is 0 Å². The van der Waals surface area contributed by atoms with Crippen LogP contribution >= 0.6 is 0 Å². The zero-order valence-electron chi connectivity index (χ0n) is 11.9. The van der Waals surface area contributed by atoms with Crippen LogP contribution in [0.2, 0.25) is 0 Å². The fraction of sp³-hybridized carbons (Fsp3) is 0.312. The van der Waals surface area contributed by atoms with Crippen LogP contribution in [0.3, 0.4) is 0 Å². The first-order chi connectivity index (χ1) is 9.68. The number of aryl methyl sites for hydroxylation is 1. The molecule has 0 radical (unpaired) electrons. The number of rotatable bonds is 6. The van der Waals surface area contributed by atoms with Gasteiger partial charge in [-0.25, -0.2) is 4.57 Å². The van der Waals surface area contributed by atoms with Crippen molar-refractivity contribution in [3.63, 3.8) is 0 Å². The number of hydrogen-bond acceptors (Lipinski definition) is 3. The molecule has 20 heavy (non-hydrogen) atoms. The van der Waals surface area contributed by atoms with Gasteiger partial charge < -0.3 is 14.6 Å². The summed E-state index contributed by atoms with van der Waals surface area (Å²) < 4.78 is 13.1. The molecule has 106 valence electrons. The lowest BCUT2D eigenvalue weighted by molar-refractivity contribution is -0.678. The van der Waals surface area contributed by atoms with Crippen LogP contribution in [-0.4, -0.2) is 18.3 Å². The van der Waals surface area contributed by atoms with Crippen LogP contribution < -0.4 is 14.0 Å². The van der Waals surface area contributed by atoms with Gasteiger partial charge in [0.05, 0.1) is 13.2 Å². The second-order valence-electron chi connectivity index (χ2n) is 4.59. The van der Waals surface area contributed by atoms with Crippen molar-refractivity contribution in [2.75, 3.05) is 13.2 Å². The zero-order valence-corrected chi connectivity index (χ0v) is 11.9. The highest BCUT2D eigenvalue weighted by molar-refractivity contribution is 5.38. The Morgan fingerprint density at radius 1 is 1.05 bits per heavy atom. The van der Waals surface area contributed by atoms with E-state index in [1.807, 2.05) is 48.9 Å². The third kappa shape index (κ3) is 3.63. The topological polar surface area (TPSA) is 42.6 Å². The number of para-hydroxylation sites is 1. The summed E-state index contributed by atoms with van der Waals surface area (Å²) in [6, 6.07) is 11.3. The number of nitrogens with zero attached hydrogens (tertiary/aromatic N) is 1. The van der Waals surface area contributed by atoms with Gasteiger partial charge in [-0.3, -0.25) is 0 Å². The third-order valence-electron chi connectivity index (χ3n) is 3.09. The van der Waals surface area contributed by atoms with Crippen LogP contribution in [0.1, 0.15) is 12.1 Å². The summed E-state index contributed by atoms with van der Waals surface area (Å²) in [5.74, 6) is 1.57. The first-order valence-corrected chi connectivity index (χ1v) is 6.67. The van der Waals surface area contributed by atoms with E-state index in [1.54, 1.807) is 12.3 Å². The average molecular weight is 274 g/mol. The Bertz CT molecular complexity index is 555. The van der Waals surface area contributed by atoms with E-state index in [2.05, 4.69) is 0 Å². The van der Waals surface area contributed by atoms with E-state index < -0.39 is 0 Å². The maximum Gasteiger partial charge on any atom is 0.228 e. The van der Waals surface area contributed by atoms with Gasteiger partial charge in [0, 0.05) is 19.4 Å². The molecule has 1 heterocycles. The Morgan fingerprint density at radius 3 is 2.50 bits per heavy atom. The third-order valence-corrected chi connectivity index (χ3v) is 3.09. The number of hydrogen-bond donors (Lipinski definition) is 1. The molecule has 0 saturated carbocycles. The summed E-state index contributed by atoms with van der Waals surface area (Å²) in [5.41, 5.74) is 0.897. The number of ether oxygens (including phenoxy) is 2. The number of benzene rings is 1. The van der Waals surface area contributed by atoms with Gasteiger partial charge in [0.1, 0.15) is 12.8 Å². The van der Waals surface area contributed by atoms with E-state index in [4.69, 9.17) is 9.47 Å². The van der Waals surface area contributed by atoms with Crippen molar-refractivity contribution in [3.05, 3.63) is 48.3 Å². The van der Waals surface area contributed by atoms with E-state index in [-0.39, 0.29) is 5.75 Å². The minimum absolute atomic E-state index is 0.171. The fourth-order valence-electron chi connectivity index (χ4n) is 1.83. The van der Waals surface area contributed by atoms with Crippen molar-refractivity contribution in [1.82, 2.24) is 0 Å². The Balaban J connectivity index is 1.78. The molecular weight excluding hydrogens is 254 g/mol. The summed E-state index contributed by atoms with van der Waals surface area (Å²) in [7, 11) is 1.92. The van der Waals surface area contributed by atoms with Crippen LogP contribution in [0.5, 0.6) is 17.2 Å². The lowest BCUT2D eigenvalue weighted by atomic mass is 10.3.